The van der Waals surface area contributed by atoms with Gasteiger partial charge in [0.2, 0.25) is 0 Å². The molecule has 2 N–H and O–H groups in total. The van der Waals surface area contributed by atoms with E-state index < -0.39 is 0 Å². The summed E-state index contributed by atoms with van der Waals surface area (Å²) < 4.78 is 5.25. The Morgan fingerprint density at radius 2 is 2.10 bits per heavy atom. The predicted octanol–water partition coefficient (Wildman–Crippen LogP) is 2.19. The maximum absolute atomic E-state index is 5.97. The fourth-order valence-corrected chi connectivity index (χ4v) is 2.69. The molecule has 0 aliphatic heterocycles. The summed E-state index contributed by atoms with van der Waals surface area (Å²) in [4.78, 5) is 11.5. The van der Waals surface area contributed by atoms with Crippen molar-refractivity contribution in [2.75, 3.05) is 30.9 Å². The van der Waals surface area contributed by atoms with Crippen LogP contribution in [0.2, 0.25) is 0 Å². The first-order chi connectivity index (χ1) is 9.69. The zero-order chi connectivity index (χ0) is 14.1. The molecule has 1 atom stereocenters. The molecule has 0 amide bonds. The molecule has 2 saturated carbocycles. The molecule has 5 heteroatoms. The van der Waals surface area contributed by atoms with E-state index in [0.717, 1.165) is 24.1 Å². The number of ether oxygens (including phenoxy) is 1. The number of hydrogen-bond acceptors (Lipinski definition) is 5. The molecule has 0 saturated heterocycles. The second-order valence-corrected chi connectivity index (χ2v) is 6.05. The van der Waals surface area contributed by atoms with Crippen molar-refractivity contribution in [3.05, 3.63) is 11.9 Å². The lowest BCUT2D eigenvalue weighted by Gasteiger charge is -2.30. The highest BCUT2D eigenvalue weighted by atomic mass is 16.5. The molecular weight excluding hydrogens is 252 g/mol. The van der Waals surface area contributed by atoms with Crippen LogP contribution >= 0.6 is 0 Å². The van der Waals surface area contributed by atoms with E-state index in [-0.39, 0.29) is 0 Å². The van der Waals surface area contributed by atoms with Crippen molar-refractivity contribution in [1.82, 2.24) is 9.97 Å². The van der Waals surface area contributed by atoms with Crippen LogP contribution in [0.15, 0.2) is 6.07 Å². The first kappa shape index (κ1) is 13.6. The monoisotopic (exact) mass is 276 g/mol. The summed E-state index contributed by atoms with van der Waals surface area (Å²) in [6, 6.07) is 2.40. The minimum atomic E-state index is 0.492. The molecule has 1 aromatic heterocycles. The van der Waals surface area contributed by atoms with E-state index >= 15 is 0 Å². The summed E-state index contributed by atoms with van der Waals surface area (Å²) in [6.07, 6.45) is 5.03. The fourth-order valence-electron chi connectivity index (χ4n) is 2.69. The number of nitrogens with two attached hydrogens (primary N) is 1. The Morgan fingerprint density at radius 1 is 1.35 bits per heavy atom. The first-order valence-corrected chi connectivity index (χ1v) is 7.59. The van der Waals surface area contributed by atoms with Crippen molar-refractivity contribution < 1.29 is 4.74 Å². The van der Waals surface area contributed by atoms with Crippen LogP contribution in [-0.4, -0.2) is 36.3 Å². The molecule has 1 unspecified atom stereocenters. The fraction of sp³-hybridized carbons (Fsp3) is 0.733. The Bertz CT molecular complexity index is 471. The van der Waals surface area contributed by atoms with E-state index in [1.807, 2.05) is 6.07 Å². The van der Waals surface area contributed by atoms with E-state index in [9.17, 15) is 0 Å². The van der Waals surface area contributed by atoms with Crippen molar-refractivity contribution in [2.45, 2.75) is 44.6 Å². The summed E-state index contributed by atoms with van der Waals surface area (Å²) in [5, 5.41) is 0. The third-order valence-electron chi connectivity index (χ3n) is 4.32. The maximum atomic E-state index is 5.97. The number of nitrogens with zero attached hydrogens (tertiary/aromatic N) is 3. The smallest absolute Gasteiger partial charge is 0.136 e. The molecule has 20 heavy (non-hydrogen) atoms. The van der Waals surface area contributed by atoms with E-state index in [1.54, 1.807) is 7.11 Å². The molecule has 0 radical (unpaired) electrons. The van der Waals surface area contributed by atoms with Gasteiger partial charge in [0.05, 0.1) is 6.61 Å². The van der Waals surface area contributed by atoms with Gasteiger partial charge < -0.3 is 15.4 Å². The minimum Gasteiger partial charge on any atom is -0.384 e. The van der Waals surface area contributed by atoms with E-state index in [0.29, 0.717) is 24.4 Å². The predicted molar refractivity (Wildman–Crippen MR) is 79.8 cm³/mol. The topological polar surface area (TPSA) is 64.3 Å². The van der Waals surface area contributed by atoms with Gasteiger partial charge in [-0.3, -0.25) is 0 Å². The molecule has 1 heterocycles. The third kappa shape index (κ3) is 3.03. The number of methoxy groups -OCH3 is 1. The van der Waals surface area contributed by atoms with Gasteiger partial charge in [-0.1, -0.05) is 0 Å². The quantitative estimate of drug-likeness (QED) is 0.827. The summed E-state index contributed by atoms with van der Waals surface area (Å²) >= 11 is 0. The Balaban J connectivity index is 1.84. The average Bonchev–Trinajstić information content (AvgIpc) is 3.31. The van der Waals surface area contributed by atoms with Crippen LogP contribution < -0.4 is 10.6 Å². The molecule has 0 aromatic carbocycles. The summed E-state index contributed by atoms with van der Waals surface area (Å²) in [5.41, 5.74) is 5.97. The van der Waals surface area contributed by atoms with Crippen LogP contribution in [0.5, 0.6) is 0 Å². The SMILES string of the molecule is COCCN(c1cc(N)nc(C2CC2)n1)C(C)C1CC1. The Morgan fingerprint density at radius 3 is 2.70 bits per heavy atom. The molecule has 2 fully saturated rings. The Labute approximate surface area is 120 Å². The van der Waals surface area contributed by atoms with Gasteiger partial charge in [0.1, 0.15) is 17.5 Å². The molecule has 3 rings (SSSR count). The molecule has 2 aliphatic rings. The van der Waals surface area contributed by atoms with Crippen LogP contribution in [0, 0.1) is 5.92 Å². The van der Waals surface area contributed by atoms with Crippen molar-refractivity contribution in [2.24, 2.45) is 5.92 Å². The zero-order valence-electron chi connectivity index (χ0n) is 12.4. The normalized spacial score (nSPS) is 19.9. The highest BCUT2D eigenvalue weighted by Crippen LogP contribution is 2.40. The molecule has 110 valence electrons. The summed E-state index contributed by atoms with van der Waals surface area (Å²) in [6.45, 7) is 3.84. The average molecular weight is 276 g/mol. The highest BCUT2D eigenvalue weighted by molar-refractivity contribution is 5.48. The van der Waals surface area contributed by atoms with Crippen molar-refractivity contribution in [3.8, 4) is 0 Å². The van der Waals surface area contributed by atoms with Gasteiger partial charge in [-0.2, -0.15) is 0 Å². The van der Waals surface area contributed by atoms with Gasteiger partial charge in [0.25, 0.3) is 0 Å². The van der Waals surface area contributed by atoms with E-state index in [4.69, 9.17) is 15.5 Å². The summed E-state index contributed by atoms with van der Waals surface area (Å²) in [5.74, 6) is 3.79. The zero-order valence-corrected chi connectivity index (χ0v) is 12.4. The summed E-state index contributed by atoms with van der Waals surface area (Å²) in [7, 11) is 1.74. The van der Waals surface area contributed by atoms with Gasteiger partial charge in [-0.25, -0.2) is 9.97 Å². The second-order valence-electron chi connectivity index (χ2n) is 6.05. The number of aromatic nitrogens is 2. The Kier molecular flexibility index (Phi) is 3.78. The standard InChI is InChI=1S/C15H24N4O/c1-10(11-3-4-11)19(7-8-20-2)14-9-13(16)17-15(18-14)12-5-6-12/h9-12H,3-8H2,1-2H3,(H2,16,17,18). The Hall–Kier alpha value is -1.36. The van der Waals surface area contributed by atoms with Crippen LogP contribution in [0.4, 0.5) is 11.6 Å². The van der Waals surface area contributed by atoms with Crippen LogP contribution in [0.25, 0.3) is 0 Å². The number of rotatable bonds is 7. The lowest BCUT2D eigenvalue weighted by Crippen LogP contribution is -2.38. The van der Waals surface area contributed by atoms with E-state index in [1.165, 1.54) is 25.7 Å². The van der Waals surface area contributed by atoms with Crippen molar-refractivity contribution in [3.63, 3.8) is 0 Å². The molecule has 0 spiro atoms. The van der Waals surface area contributed by atoms with Crippen molar-refractivity contribution >= 4 is 11.6 Å². The van der Waals surface area contributed by atoms with Gasteiger partial charge in [-0.05, 0) is 38.5 Å². The number of anilines is 2. The van der Waals surface area contributed by atoms with Crippen molar-refractivity contribution in [1.29, 1.82) is 0 Å². The first-order valence-electron chi connectivity index (χ1n) is 7.59. The molecule has 2 aliphatic carbocycles. The van der Waals surface area contributed by atoms with Crippen LogP contribution in [-0.2, 0) is 4.74 Å². The van der Waals surface area contributed by atoms with Gasteiger partial charge >= 0.3 is 0 Å². The van der Waals surface area contributed by atoms with Gasteiger partial charge in [0, 0.05) is 31.7 Å². The largest absolute Gasteiger partial charge is 0.384 e. The van der Waals surface area contributed by atoms with Crippen LogP contribution in [0.3, 0.4) is 0 Å². The van der Waals surface area contributed by atoms with E-state index in [2.05, 4.69) is 16.8 Å². The molecular formula is C15H24N4O. The molecule has 0 bridgehead atoms. The number of hydrogen-bond donors (Lipinski definition) is 1. The maximum Gasteiger partial charge on any atom is 0.136 e. The van der Waals surface area contributed by atoms with Gasteiger partial charge in [-0.15, -0.1) is 0 Å². The third-order valence-corrected chi connectivity index (χ3v) is 4.32. The minimum absolute atomic E-state index is 0.492. The van der Waals surface area contributed by atoms with Gasteiger partial charge in [0.15, 0.2) is 0 Å². The lowest BCUT2D eigenvalue weighted by atomic mass is 10.2. The number of nitrogen functional groups attached to an aromatic ring is 1. The molecule has 5 nitrogen and oxygen atoms in total. The molecule has 1 aromatic rings. The van der Waals surface area contributed by atoms with Crippen LogP contribution in [0.1, 0.15) is 44.3 Å². The highest BCUT2D eigenvalue weighted by Gasteiger charge is 2.33. The second kappa shape index (κ2) is 5.56. The lowest BCUT2D eigenvalue weighted by molar-refractivity contribution is 0.202.